The van der Waals surface area contributed by atoms with Crippen molar-refractivity contribution in [2.45, 2.75) is 38.6 Å². The van der Waals surface area contributed by atoms with Crippen molar-refractivity contribution in [3.05, 3.63) is 59.2 Å². The molecule has 0 atom stereocenters. The quantitative estimate of drug-likeness (QED) is 0.879. The van der Waals surface area contributed by atoms with Crippen molar-refractivity contribution in [2.24, 2.45) is 0 Å². The summed E-state index contributed by atoms with van der Waals surface area (Å²) in [6, 6.07) is 15.7. The molecule has 2 aromatic rings. The summed E-state index contributed by atoms with van der Waals surface area (Å²) in [7, 11) is 1.71. The van der Waals surface area contributed by atoms with Gasteiger partial charge >= 0.3 is 0 Å². The molecule has 0 unspecified atom stereocenters. The number of aryl methyl sites for hydroxylation is 2. The van der Waals surface area contributed by atoms with E-state index in [1.807, 2.05) is 0 Å². The van der Waals surface area contributed by atoms with E-state index in [1.54, 1.807) is 7.11 Å². The lowest BCUT2D eigenvalue weighted by Gasteiger charge is -2.37. The molecule has 21 heavy (non-hydrogen) atoms. The van der Waals surface area contributed by atoms with Crippen molar-refractivity contribution >= 4 is 5.69 Å². The average molecular weight is 281 g/mol. The molecule has 0 amide bonds. The van der Waals surface area contributed by atoms with E-state index in [0.717, 1.165) is 5.75 Å². The van der Waals surface area contributed by atoms with Crippen molar-refractivity contribution < 1.29 is 4.74 Å². The molecule has 1 aliphatic carbocycles. The number of rotatable bonds is 4. The SMILES string of the molecule is COc1ccc(C2CC(Nc3cc(C)ccc3C)C2)cc1. The lowest BCUT2D eigenvalue weighted by Crippen LogP contribution is -2.34. The van der Waals surface area contributed by atoms with Crippen LogP contribution in [-0.2, 0) is 0 Å². The van der Waals surface area contributed by atoms with Gasteiger partial charge in [-0.25, -0.2) is 0 Å². The van der Waals surface area contributed by atoms with Gasteiger partial charge in [0.15, 0.2) is 0 Å². The Bertz CT molecular complexity index is 612. The monoisotopic (exact) mass is 281 g/mol. The molecule has 0 heterocycles. The second kappa shape index (κ2) is 5.80. The number of nitrogens with one attached hydrogen (secondary N) is 1. The molecule has 1 aliphatic rings. The number of methoxy groups -OCH3 is 1. The summed E-state index contributed by atoms with van der Waals surface area (Å²) in [6.45, 7) is 4.31. The predicted octanol–water partition coefficient (Wildman–Crippen LogP) is 4.67. The van der Waals surface area contributed by atoms with Gasteiger partial charge < -0.3 is 10.1 Å². The zero-order valence-electron chi connectivity index (χ0n) is 13.0. The van der Waals surface area contributed by atoms with Crippen LogP contribution in [0.5, 0.6) is 5.75 Å². The highest BCUT2D eigenvalue weighted by molar-refractivity contribution is 5.53. The summed E-state index contributed by atoms with van der Waals surface area (Å²) in [5.41, 5.74) is 5.35. The van der Waals surface area contributed by atoms with Gasteiger partial charge in [-0.15, -0.1) is 0 Å². The van der Waals surface area contributed by atoms with E-state index in [-0.39, 0.29) is 0 Å². The van der Waals surface area contributed by atoms with E-state index < -0.39 is 0 Å². The lowest BCUT2D eigenvalue weighted by molar-refractivity contribution is 0.373. The van der Waals surface area contributed by atoms with E-state index in [9.17, 15) is 0 Å². The number of hydrogen-bond acceptors (Lipinski definition) is 2. The number of anilines is 1. The molecule has 1 saturated carbocycles. The molecule has 110 valence electrons. The Labute approximate surface area is 127 Å². The Morgan fingerprint density at radius 3 is 2.38 bits per heavy atom. The highest BCUT2D eigenvalue weighted by Gasteiger charge is 2.30. The lowest BCUT2D eigenvalue weighted by atomic mass is 9.75. The molecule has 0 saturated heterocycles. The fourth-order valence-corrected chi connectivity index (χ4v) is 3.00. The van der Waals surface area contributed by atoms with Crippen LogP contribution < -0.4 is 10.1 Å². The van der Waals surface area contributed by atoms with Crippen LogP contribution in [0.1, 0.15) is 35.4 Å². The van der Waals surface area contributed by atoms with Crippen LogP contribution in [-0.4, -0.2) is 13.2 Å². The van der Waals surface area contributed by atoms with Crippen molar-refractivity contribution in [3.8, 4) is 5.75 Å². The molecular weight excluding hydrogens is 258 g/mol. The third-order valence-electron chi connectivity index (χ3n) is 4.48. The first-order valence-electron chi connectivity index (χ1n) is 7.63. The molecule has 2 heteroatoms. The van der Waals surface area contributed by atoms with E-state index in [4.69, 9.17) is 4.74 Å². The fourth-order valence-electron chi connectivity index (χ4n) is 3.00. The maximum Gasteiger partial charge on any atom is 0.118 e. The largest absolute Gasteiger partial charge is 0.497 e. The molecule has 0 radical (unpaired) electrons. The van der Waals surface area contributed by atoms with Gasteiger partial charge in [0.2, 0.25) is 0 Å². The summed E-state index contributed by atoms with van der Waals surface area (Å²) in [6.07, 6.45) is 2.42. The highest BCUT2D eigenvalue weighted by Crippen LogP contribution is 2.39. The molecule has 1 N–H and O–H groups in total. The number of hydrogen-bond donors (Lipinski definition) is 1. The van der Waals surface area contributed by atoms with Crippen LogP contribution >= 0.6 is 0 Å². The molecule has 2 nitrogen and oxygen atoms in total. The van der Waals surface area contributed by atoms with Crippen LogP contribution in [0.4, 0.5) is 5.69 Å². The van der Waals surface area contributed by atoms with Crippen molar-refractivity contribution in [3.63, 3.8) is 0 Å². The smallest absolute Gasteiger partial charge is 0.118 e. The summed E-state index contributed by atoms with van der Waals surface area (Å²) in [5.74, 6) is 1.61. The van der Waals surface area contributed by atoms with Crippen LogP contribution in [0.25, 0.3) is 0 Å². The maximum atomic E-state index is 5.21. The van der Waals surface area contributed by atoms with Gasteiger partial charge in [-0.1, -0.05) is 24.3 Å². The van der Waals surface area contributed by atoms with Crippen molar-refractivity contribution in [2.75, 3.05) is 12.4 Å². The third-order valence-corrected chi connectivity index (χ3v) is 4.48. The Kier molecular flexibility index (Phi) is 3.87. The third kappa shape index (κ3) is 3.05. The topological polar surface area (TPSA) is 21.3 Å². The van der Waals surface area contributed by atoms with Gasteiger partial charge in [0.05, 0.1) is 7.11 Å². The van der Waals surface area contributed by atoms with Gasteiger partial charge in [0.1, 0.15) is 5.75 Å². The summed E-state index contributed by atoms with van der Waals surface area (Å²) >= 11 is 0. The Balaban J connectivity index is 1.59. The molecular formula is C19H23NO. The maximum absolute atomic E-state index is 5.21. The van der Waals surface area contributed by atoms with Crippen molar-refractivity contribution in [1.29, 1.82) is 0 Å². The molecule has 1 fully saturated rings. The van der Waals surface area contributed by atoms with Gasteiger partial charge in [0.25, 0.3) is 0 Å². The van der Waals surface area contributed by atoms with Crippen LogP contribution in [0.3, 0.4) is 0 Å². The first kappa shape index (κ1) is 14.0. The predicted molar refractivity (Wildman–Crippen MR) is 88.3 cm³/mol. The Hall–Kier alpha value is -1.96. The minimum absolute atomic E-state index is 0.595. The Morgan fingerprint density at radius 2 is 1.71 bits per heavy atom. The van der Waals surface area contributed by atoms with Gasteiger partial charge in [0, 0.05) is 11.7 Å². The van der Waals surface area contributed by atoms with E-state index in [2.05, 4.69) is 61.6 Å². The van der Waals surface area contributed by atoms with Gasteiger partial charge in [-0.05, 0) is 67.5 Å². The normalized spacial score (nSPS) is 20.7. The molecule has 0 spiro atoms. The molecule has 0 bridgehead atoms. The van der Waals surface area contributed by atoms with E-state index >= 15 is 0 Å². The second-order valence-electron chi connectivity index (χ2n) is 6.10. The summed E-state index contributed by atoms with van der Waals surface area (Å²) in [5, 5.41) is 3.69. The average Bonchev–Trinajstić information content (AvgIpc) is 2.46. The minimum Gasteiger partial charge on any atom is -0.497 e. The first-order chi connectivity index (χ1) is 10.2. The molecule has 2 aromatic carbocycles. The molecule has 3 rings (SSSR count). The van der Waals surface area contributed by atoms with Crippen LogP contribution in [0.15, 0.2) is 42.5 Å². The second-order valence-corrected chi connectivity index (χ2v) is 6.10. The summed E-state index contributed by atoms with van der Waals surface area (Å²) in [4.78, 5) is 0. The number of ether oxygens (including phenoxy) is 1. The van der Waals surface area contributed by atoms with E-state index in [0.29, 0.717) is 12.0 Å². The fraction of sp³-hybridized carbons (Fsp3) is 0.368. The highest BCUT2D eigenvalue weighted by atomic mass is 16.5. The molecule has 0 aromatic heterocycles. The summed E-state index contributed by atoms with van der Waals surface area (Å²) < 4.78 is 5.21. The van der Waals surface area contributed by atoms with Crippen molar-refractivity contribution in [1.82, 2.24) is 0 Å². The number of benzene rings is 2. The zero-order chi connectivity index (χ0) is 14.8. The van der Waals surface area contributed by atoms with Gasteiger partial charge in [-0.2, -0.15) is 0 Å². The van der Waals surface area contributed by atoms with Gasteiger partial charge in [-0.3, -0.25) is 0 Å². The standard InChI is InChI=1S/C19H23NO/c1-13-4-5-14(2)19(10-13)20-17-11-16(12-17)15-6-8-18(21-3)9-7-15/h4-10,16-17,20H,11-12H2,1-3H3. The van der Waals surface area contributed by atoms with Crippen LogP contribution in [0, 0.1) is 13.8 Å². The zero-order valence-corrected chi connectivity index (χ0v) is 13.0. The van der Waals surface area contributed by atoms with E-state index in [1.165, 1.54) is 35.2 Å². The Morgan fingerprint density at radius 1 is 1.00 bits per heavy atom. The first-order valence-corrected chi connectivity index (χ1v) is 7.63. The van der Waals surface area contributed by atoms with Crippen LogP contribution in [0.2, 0.25) is 0 Å². The minimum atomic E-state index is 0.595. The molecule has 0 aliphatic heterocycles.